The second-order valence-corrected chi connectivity index (χ2v) is 10.2. The predicted octanol–water partition coefficient (Wildman–Crippen LogP) is 4.77. The van der Waals surface area contributed by atoms with E-state index in [1.54, 1.807) is 12.1 Å². The summed E-state index contributed by atoms with van der Waals surface area (Å²) in [4.78, 5) is 13.0. The van der Waals surface area contributed by atoms with Crippen LogP contribution < -0.4 is 19.1 Å². The molecule has 0 unspecified atom stereocenters. The number of carbonyl (C=O) groups is 1. The normalized spacial score (nSPS) is 11.1. The highest BCUT2D eigenvalue weighted by molar-refractivity contribution is 7.92. The highest BCUT2D eigenvalue weighted by Gasteiger charge is 2.29. The number of amides is 1. The van der Waals surface area contributed by atoms with Gasteiger partial charge >= 0.3 is 0 Å². The van der Waals surface area contributed by atoms with Gasteiger partial charge in [0, 0.05) is 11.8 Å². The average molecular weight is 483 g/mol. The first kappa shape index (κ1) is 25.1. The van der Waals surface area contributed by atoms with E-state index in [-0.39, 0.29) is 10.6 Å². The van der Waals surface area contributed by atoms with Crippen molar-refractivity contribution in [3.63, 3.8) is 0 Å². The van der Waals surface area contributed by atoms with Crippen LogP contribution in [0, 0.1) is 27.7 Å². The molecule has 0 aliphatic heterocycles. The van der Waals surface area contributed by atoms with Crippen molar-refractivity contribution in [2.24, 2.45) is 0 Å². The minimum absolute atomic E-state index is 0.0106. The number of sulfonamides is 1. The zero-order valence-corrected chi connectivity index (χ0v) is 21.1. The molecule has 0 atom stereocenters. The van der Waals surface area contributed by atoms with Crippen LogP contribution in [0.1, 0.15) is 22.3 Å². The number of nitrogens with zero attached hydrogens (tertiary/aromatic N) is 1. The van der Waals surface area contributed by atoms with Gasteiger partial charge in [-0.2, -0.15) is 0 Å². The van der Waals surface area contributed by atoms with Gasteiger partial charge in [0.15, 0.2) is 11.5 Å². The molecule has 0 heterocycles. The van der Waals surface area contributed by atoms with Crippen molar-refractivity contribution >= 4 is 27.3 Å². The summed E-state index contributed by atoms with van der Waals surface area (Å²) in [6.45, 7) is 7.24. The topological polar surface area (TPSA) is 84.9 Å². The first-order valence-corrected chi connectivity index (χ1v) is 12.2. The zero-order valence-electron chi connectivity index (χ0n) is 20.3. The largest absolute Gasteiger partial charge is 0.493 e. The van der Waals surface area contributed by atoms with Gasteiger partial charge in [-0.3, -0.25) is 9.10 Å². The second-order valence-electron chi connectivity index (χ2n) is 8.30. The minimum atomic E-state index is -4.11. The third-order valence-corrected chi connectivity index (χ3v) is 7.00. The van der Waals surface area contributed by atoms with E-state index >= 15 is 0 Å². The lowest BCUT2D eigenvalue weighted by Crippen LogP contribution is -2.38. The Hall–Kier alpha value is -3.52. The molecule has 180 valence electrons. The Morgan fingerprint density at radius 3 is 1.85 bits per heavy atom. The fourth-order valence-corrected chi connectivity index (χ4v) is 5.31. The highest BCUT2D eigenvalue weighted by Crippen LogP contribution is 2.32. The summed E-state index contributed by atoms with van der Waals surface area (Å²) >= 11 is 0. The van der Waals surface area contributed by atoms with Gasteiger partial charge < -0.3 is 14.8 Å². The highest BCUT2D eigenvalue weighted by atomic mass is 32.2. The fourth-order valence-electron chi connectivity index (χ4n) is 3.89. The molecule has 0 aliphatic rings. The number of methoxy groups -OCH3 is 2. The van der Waals surface area contributed by atoms with Crippen molar-refractivity contribution in [2.75, 3.05) is 30.4 Å². The number of hydrogen-bond acceptors (Lipinski definition) is 5. The summed E-state index contributed by atoms with van der Waals surface area (Å²) in [5.74, 6) is 0.240. The molecule has 0 radical (unpaired) electrons. The van der Waals surface area contributed by atoms with E-state index in [0.717, 1.165) is 26.6 Å². The number of rotatable bonds is 8. The van der Waals surface area contributed by atoms with E-state index in [0.29, 0.717) is 17.1 Å². The molecule has 0 saturated carbocycles. The Labute approximate surface area is 201 Å². The average Bonchev–Trinajstić information content (AvgIpc) is 2.75. The standard InChI is InChI=1S/C26H30N2O5S/c1-17-9-18(2)12-21(11-17)27-26(29)16-28(22-13-19(3)10-20(4)14-22)34(30,31)23-7-8-24(32-5)25(15-23)33-6/h7-15H,16H2,1-6H3,(H,27,29). The maximum Gasteiger partial charge on any atom is 0.264 e. The van der Waals surface area contributed by atoms with Crippen LogP contribution in [0.3, 0.4) is 0 Å². The molecule has 34 heavy (non-hydrogen) atoms. The SMILES string of the molecule is COc1ccc(S(=O)(=O)N(CC(=O)Nc2cc(C)cc(C)c2)c2cc(C)cc(C)c2)cc1OC. The lowest BCUT2D eigenvalue weighted by Gasteiger charge is -2.25. The fraction of sp³-hybridized carbons (Fsp3) is 0.269. The molecule has 0 bridgehead atoms. The van der Waals surface area contributed by atoms with E-state index in [1.165, 1.54) is 32.4 Å². The zero-order chi connectivity index (χ0) is 25.0. The third-order valence-electron chi connectivity index (χ3n) is 5.23. The predicted molar refractivity (Wildman–Crippen MR) is 135 cm³/mol. The maximum atomic E-state index is 13.8. The molecule has 1 amide bonds. The number of nitrogens with one attached hydrogen (secondary N) is 1. The Morgan fingerprint density at radius 2 is 1.32 bits per heavy atom. The lowest BCUT2D eigenvalue weighted by molar-refractivity contribution is -0.114. The van der Waals surface area contributed by atoms with Gasteiger partial charge in [0.25, 0.3) is 10.0 Å². The first-order valence-electron chi connectivity index (χ1n) is 10.7. The Kier molecular flexibility index (Phi) is 7.51. The first-order chi connectivity index (χ1) is 16.0. The molecule has 3 aromatic carbocycles. The molecule has 0 spiro atoms. The van der Waals surface area contributed by atoms with Crippen LogP contribution in [-0.4, -0.2) is 35.1 Å². The number of hydrogen-bond donors (Lipinski definition) is 1. The van der Waals surface area contributed by atoms with Crippen LogP contribution in [0.25, 0.3) is 0 Å². The molecule has 0 fully saturated rings. The van der Waals surface area contributed by atoms with Crippen molar-refractivity contribution in [2.45, 2.75) is 32.6 Å². The number of carbonyl (C=O) groups excluding carboxylic acids is 1. The summed E-state index contributed by atoms with van der Waals surface area (Å²) in [6.07, 6.45) is 0. The number of anilines is 2. The quantitative estimate of drug-likeness (QED) is 0.500. The third kappa shape index (κ3) is 5.69. The van der Waals surface area contributed by atoms with Crippen molar-refractivity contribution in [1.29, 1.82) is 0 Å². The minimum Gasteiger partial charge on any atom is -0.493 e. The van der Waals surface area contributed by atoms with E-state index in [1.807, 2.05) is 52.0 Å². The summed E-state index contributed by atoms with van der Waals surface area (Å²) in [6, 6.07) is 15.5. The molecule has 3 rings (SSSR count). The molecule has 0 saturated heterocycles. The molecule has 7 nitrogen and oxygen atoms in total. The summed E-state index contributed by atoms with van der Waals surface area (Å²) < 4.78 is 39.2. The van der Waals surface area contributed by atoms with Gasteiger partial charge in [-0.25, -0.2) is 8.42 Å². The van der Waals surface area contributed by atoms with Crippen LogP contribution in [0.5, 0.6) is 11.5 Å². The van der Waals surface area contributed by atoms with Gasteiger partial charge in [-0.15, -0.1) is 0 Å². The van der Waals surface area contributed by atoms with Gasteiger partial charge in [0.2, 0.25) is 5.91 Å². The molecular weight excluding hydrogens is 452 g/mol. The Morgan fingerprint density at radius 1 is 0.794 bits per heavy atom. The van der Waals surface area contributed by atoms with E-state index < -0.39 is 22.5 Å². The molecule has 0 aliphatic carbocycles. The number of ether oxygens (including phenoxy) is 2. The molecular formula is C26H30N2O5S. The van der Waals surface area contributed by atoms with Crippen LogP contribution in [0.15, 0.2) is 59.5 Å². The van der Waals surface area contributed by atoms with Gasteiger partial charge in [-0.05, 0) is 86.3 Å². The van der Waals surface area contributed by atoms with Gasteiger partial charge in [0.1, 0.15) is 6.54 Å². The lowest BCUT2D eigenvalue weighted by atomic mass is 10.1. The molecule has 8 heteroatoms. The van der Waals surface area contributed by atoms with Crippen LogP contribution >= 0.6 is 0 Å². The molecule has 3 aromatic rings. The van der Waals surface area contributed by atoms with E-state index in [2.05, 4.69) is 5.32 Å². The Balaban J connectivity index is 2.04. The second kappa shape index (κ2) is 10.2. The summed E-state index contributed by atoms with van der Waals surface area (Å²) in [5, 5.41) is 2.83. The monoisotopic (exact) mass is 482 g/mol. The smallest absolute Gasteiger partial charge is 0.264 e. The van der Waals surface area contributed by atoms with Crippen molar-refractivity contribution in [3.05, 3.63) is 76.9 Å². The van der Waals surface area contributed by atoms with Crippen LogP contribution in [0.4, 0.5) is 11.4 Å². The van der Waals surface area contributed by atoms with Crippen molar-refractivity contribution in [3.8, 4) is 11.5 Å². The van der Waals surface area contributed by atoms with Crippen molar-refractivity contribution < 1.29 is 22.7 Å². The van der Waals surface area contributed by atoms with Gasteiger partial charge in [0.05, 0.1) is 24.8 Å². The molecule has 1 N–H and O–H groups in total. The van der Waals surface area contributed by atoms with Crippen molar-refractivity contribution in [1.82, 2.24) is 0 Å². The van der Waals surface area contributed by atoms with E-state index in [4.69, 9.17) is 9.47 Å². The van der Waals surface area contributed by atoms with Gasteiger partial charge in [-0.1, -0.05) is 12.1 Å². The number of benzene rings is 3. The van der Waals surface area contributed by atoms with Crippen LogP contribution in [-0.2, 0) is 14.8 Å². The number of aryl methyl sites for hydroxylation is 4. The van der Waals surface area contributed by atoms with E-state index in [9.17, 15) is 13.2 Å². The Bertz CT molecular complexity index is 1280. The van der Waals surface area contributed by atoms with Crippen LogP contribution in [0.2, 0.25) is 0 Å². The summed E-state index contributed by atoms with van der Waals surface area (Å²) in [5.41, 5.74) is 4.79. The summed E-state index contributed by atoms with van der Waals surface area (Å²) in [7, 11) is -1.20. The molecule has 0 aromatic heterocycles. The maximum absolute atomic E-state index is 13.8.